The van der Waals surface area contributed by atoms with Gasteiger partial charge in [-0.25, -0.2) is 4.39 Å². The number of carbonyl (C=O) groups is 1. The minimum Gasteiger partial charge on any atom is -0.289 e. The SMILES string of the molecule is O=C(c1ccc(Cl)cc1)C(F)Cl. The zero-order valence-corrected chi connectivity index (χ0v) is 7.44. The first-order valence-corrected chi connectivity index (χ1v) is 4.00. The minimum absolute atomic E-state index is 0.224. The van der Waals surface area contributed by atoms with Crippen molar-refractivity contribution in [3.8, 4) is 0 Å². The van der Waals surface area contributed by atoms with Crippen molar-refractivity contribution in [3.63, 3.8) is 0 Å². The maximum atomic E-state index is 12.3. The second-order valence-corrected chi connectivity index (χ2v) is 2.99. The van der Waals surface area contributed by atoms with E-state index in [4.69, 9.17) is 23.2 Å². The summed E-state index contributed by atoms with van der Waals surface area (Å²) in [4.78, 5) is 10.9. The van der Waals surface area contributed by atoms with E-state index in [1.807, 2.05) is 0 Å². The quantitative estimate of drug-likeness (QED) is 0.538. The lowest BCUT2D eigenvalue weighted by Gasteiger charge is -1.98. The molecule has 0 radical (unpaired) electrons. The standard InChI is InChI=1S/C8H5Cl2FO/c9-6-3-1-5(2-4-6)7(12)8(10)11/h1-4,8H. The van der Waals surface area contributed by atoms with Crippen LogP contribution >= 0.6 is 23.2 Å². The van der Waals surface area contributed by atoms with Gasteiger partial charge < -0.3 is 0 Å². The molecule has 0 aliphatic rings. The number of ketones is 1. The average Bonchev–Trinajstić information content (AvgIpc) is 2.04. The highest BCUT2D eigenvalue weighted by atomic mass is 35.5. The third-order valence-electron chi connectivity index (χ3n) is 1.33. The third kappa shape index (κ3) is 2.19. The Morgan fingerprint density at radius 3 is 2.25 bits per heavy atom. The molecular weight excluding hydrogens is 202 g/mol. The van der Waals surface area contributed by atoms with E-state index in [0.717, 1.165) is 0 Å². The zero-order chi connectivity index (χ0) is 9.14. The molecule has 0 heterocycles. The zero-order valence-electron chi connectivity index (χ0n) is 5.93. The molecule has 1 aromatic rings. The van der Waals surface area contributed by atoms with Crippen molar-refractivity contribution in [2.24, 2.45) is 0 Å². The molecule has 1 atom stereocenters. The number of rotatable bonds is 2. The van der Waals surface area contributed by atoms with Crippen LogP contribution in [0, 0.1) is 0 Å². The molecule has 0 saturated heterocycles. The summed E-state index contributed by atoms with van der Waals surface area (Å²) in [6, 6.07) is 5.88. The summed E-state index contributed by atoms with van der Waals surface area (Å²) < 4.78 is 12.3. The van der Waals surface area contributed by atoms with Crippen molar-refractivity contribution in [2.45, 2.75) is 5.63 Å². The fourth-order valence-electron chi connectivity index (χ4n) is 0.740. The molecule has 1 unspecified atom stereocenters. The molecule has 1 nitrogen and oxygen atoms in total. The van der Waals surface area contributed by atoms with Crippen LogP contribution in [0.1, 0.15) is 10.4 Å². The monoisotopic (exact) mass is 206 g/mol. The largest absolute Gasteiger partial charge is 0.289 e. The van der Waals surface area contributed by atoms with E-state index in [9.17, 15) is 9.18 Å². The van der Waals surface area contributed by atoms with E-state index >= 15 is 0 Å². The molecule has 0 amide bonds. The Morgan fingerprint density at radius 1 is 1.33 bits per heavy atom. The fraction of sp³-hybridized carbons (Fsp3) is 0.125. The Balaban J connectivity index is 2.90. The lowest BCUT2D eigenvalue weighted by molar-refractivity contribution is 0.0934. The van der Waals surface area contributed by atoms with Crippen LogP contribution in [0.5, 0.6) is 0 Å². The normalized spacial score (nSPS) is 12.6. The van der Waals surface area contributed by atoms with Gasteiger partial charge in [-0.1, -0.05) is 23.2 Å². The van der Waals surface area contributed by atoms with Gasteiger partial charge in [0.25, 0.3) is 0 Å². The number of halogens is 3. The summed E-state index contributed by atoms with van der Waals surface area (Å²) >= 11 is 10.5. The Bertz CT molecular complexity index is 282. The van der Waals surface area contributed by atoms with Gasteiger partial charge in [-0.2, -0.15) is 0 Å². The number of hydrogen-bond acceptors (Lipinski definition) is 1. The Morgan fingerprint density at radius 2 is 1.83 bits per heavy atom. The number of Topliss-reactive ketones (excluding diaryl/α,β-unsaturated/α-hetero) is 1. The lowest BCUT2D eigenvalue weighted by atomic mass is 10.1. The summed E-state index contributed by atoms with van der Waals surface area (Å²) in [5.41, 5.74) is -1.76. The molecule has 4 heteroatoms. The van der Waals surface area contributed by atoms with E-state index in [1.165, 1.54) is 24.3 Å². The fourth-order valence-corrected chi connectivity index (χ4v) is 0.992. The molecule has 0 aliphatic heterocycles. The summed E-state index contributed by atoms with van der Waals surface area (Å²) in [5.74, 6) is -0.742. The first kappa shape index (κ1) is 9.49. The van der Waals surface area contributed by atoms with Crippen LogP contribution in [0.25, 0.3) is 0 Å². The van der Waals surface area contributed by atoms with Crippen LogP contribution in [-0.4, -0.2) is 11.4 Å². The molecule has 0 saturated carbocycles. The molecule has 0 aromatic heterocycles. The smallest absolute Gasteiger partial charge is 0.235 e. The molecule has 0 aliphatic carbocycles. The topological polar surface area (TPSA) is 17.1 Å². The highest BCUT2D eigenvalue weighted by Crippen LogP contribution is 2.13. The number of carbonyl (C=O) groups excluding carboxylic acids is 1. The Kier molecular flexibility index (Phi) is 3.06. The molecule has 0 bridgehead atoms. The van der Waals surface area contributed by atoms with Gasteiger partial charge in [0.05, 0.1) is 0 Å². The van der Waals surface area contributed by atoms with Crippen molar-refractivity contribution in [2.75, 3.05) is 0 Å². The van der Waals surface area contributed by atoms with Crippen molar-refractivity contribution in [1.29, 1.82) is 0 Å². The summed E-state index contributed by atoms with van der Waals surface area (Å²) in [6.07, 6.45) is 0. The molecule has 64 valence electrons. The maximum Gasteiger partial charge on any atom is 0.235 e. The van der Waals surface area contributed by atoms with E-state index in [1.54, 1.807) is 0 Å². The highest BCUT2D eigenvalue weighted by molar-refractivity contribution is 6.33. The van der Waals surface area contributed by atoms with Crippen LogP contribution < -0.4 is 0 Å². The van der Waals surface area contributed by atoms with Crippen molar-refractivity contribution in [1.82, 2.24) is 0 Å². The molecule has 12 heavy (non-hydrogen) atoms. The predicted molar refractivity (Wildman–Crippen MR) is 46.5 cm³/mol. The first-order chi connectivity index (χ1) is 5.61. The summed E-state index contributed by atoms with van der Waals surface area (Å²) in [6.45, 7) is 0. The predicted octanol–water partition coefficient (Wildman–Crippen LogP) is 3.06. The summed E-state index contributed by atoms with van der Waals surface area (Å²) in [7, 11) is 0. The molecule has 0 N–H and O–H groups in total. The first-order valence-electron chi connectivity index (χ1n) is 3.19. The second kappa shape index (κ2) is 3.87. The molecule has 0 fully saturated rings. The average molecular weight is 207 g/mol. The van der Waals surface area contributed by atoms with Gasteiger partial charge in [-0.3, -0.25) is 4.79 Å². The van der Waals surface area contributed by atoms with Crippen molar-refractivity contribution >= 4 is 29.0 Å². The van der Waals surface area contributed by atoms with Crippen LogP contribution in [0.2, 0.25) is 5.02 Å². The second-order valence-electron chi connectivity index (χ2n) is 2.17. The molecule has 1 rings (SSSR count). The van der Waals surface area contributed by atoms with Crippen molar-refractivity contribution < 1.29 is 9.18 Å². The van der Waals surface area contributed by atoms with Crippen LogP contribution in [0.3, 0.4) is 0 Å². The summed E-state index contributed by atoms with van der Waals surface area (Å²) in [5, 5.41) is 0.497. The van der Waals surface area contributed by atoms with Gasteiger partial charge in [-0.15, -0.1) is 0 Å². The van der Waals surface area contributed by atoms with Gasteiger partial charge in [0.2, 0.25) is 11.4 Å². The van der Waals surface area contributed by atoms with Crippen LogP contribution in [0.15, 0.2) is 24.3 Å². The van der Waals surface area contributed by atoms with Gasteiger partial charge in [-0.05, 0) is 24.3 Å². The third-order valence-corrected chi connectivity index (χ3v) is 1.78. The van der Waals surface area contributed by atoms with Gasteiger partial charge >= 0.3 is 0 Å². The Hall–Kier alpha value is -0.600. The number of hydrogen-bond donors (Lipinski definition) is 0. The van der Waals surface area contributed by atoms with E-state index in [0.29, 0.717) is 5.02 Å². The molecular formula is C8H5Cl2FO. The Labute approximate surface area is 79.1 Å². The molecule has 0 spiro atoms. The lowest BCUT2D eigenvalue weighted by Crippen LogP contribution is -2.08. The van der Waals surface area contributed by atoms with Gasteiger partial charge in [0.15, 0.2) is 0 Å². The minimum atomic E-state index is -1.98. The number of alkyl halides is 2. The van der Waals surface area contributed by atoms with Gasteiger partial charge in [0.1, 0.15) is 0 Å². The van der Waals surface area contributed by atoms with E-state index in [2.05, 4.69) is 0 Å². The van der Waals surface area contributed by atoms with Crippen molar-refractivity contribution in [3.05, 3.63) is 34.9 Å². The highest BCUT2D eigenvalue weighted by Gasteiger charge is 2.14. The van der Waals surface area contributed by atoms with E-state index in [-0.39, 0.29) is 5.56 Å². The molecule has 1 aromatic carbocycles. The number of benzene rings is 1. The van der Waals surface area contributed by atoms with Crippen LogP contribution in [-0.2, 0) is 0 Å². The maximum absolute atomic E-state index is 12.3. The van der Waals surface area contributed by atoms with Gasteiger partial charge in [0, 0.05) is 10.6 Å². The van der Waals surface area contributed by atoms with E-state index < -0.39 is 11.4 Å². The van der Waals surface area contributed by atoms with Crippen LogP contribution in [0.4, 0.5) is 4.39 Å².